The van der Waals surface area contributed by atoms with Gasteiger partial charge in [-0.05, 0) is 13.3 Å². The highest BCUT2D eigenvalue weighted by Crippen LogP contribution is 2.05. The molecule has 0 amide bonds. The Bertz CT molecular complexity index is 407. The minimum Gasteiger partial charge on any atom is -0.462 e. The summed E-state index contributed by atoms with van der Waals surface area (Å²) in [5.41, 5.74) is 1.07. The largest absolute Gasteiger partial charge is 0.462 e. The highest BCUT2D eigenvalue weighted by Gasteiger charge is 2.06. The number of Topliss-reactive ketones (excluding diaryl/α,β-unsaturated/α-hetero) is 1. The lowest BCUT2D eigenvalue weighted by Crippen LogP contribution is -2.08. The third kappa shape index (κ3) is 4.64. The molecule has 0 aliphatic rings. The van der Waals surface area contributed by atoms with Crippen LogP contribution >= 0.6 is 0 Å². The molecule has 0 aromatic heterocycles. The van der Waals surface area contributed by atoms with Gasteiger partial charge in [-0.2, -0.15) is 0 Å². The molecule has 0 N–H and O–H groups in total. The molecule has 17 heavy (non-hydrogen) atoms. The van der Waals surface area contributed by atoms with E-state index >= 15 is 0 Å². The van der Waals surface area contributed by atoms with E-state index in [1.807, 2.05) is 18.2 Å². The second-order valence-corrected chi connectivity index (χ2v) is 3.81. The van der Waals surface area contributed by atoms with Crippen molar-refractivity contribution >= 4 is 11.8 Å². The molecule has 0 spiro atoms. The summed E-state index contributed by atoms with van der Waals surface area (Å²) in [5, 5.41) is 0. The predicted molar refractivity (Wildman–Crippen MR) is 65.8 cm³/mol. The van der Waals surface area contributed by atoms with E-state index in [-0.39, 0.29) is 12.4 Å². The van der Waals surface area contributed by atoms with Gasteiger partial charge in [-0.3, -0.25) is 4.79 Å². The summed E-state index contributed by atoms with van der Waals surface area (Å²) in [5.74, 6) is -0.339. The number of esters is 1. The van der Waals surface area contributed by atoms with Crippen molar-refractivity contribution in [3.8, 4) is 0 Å². The van der Waals surface area contributed by atoms with Crippen LogP contribution in [0.4, 0.5) is 0 Å². The average Bonchev–Trinajstić information content (AvgIpc) is 2.35. The quantitative estimate of drug-likeness (QED) is 0.328. The van der Waals surface area contributed by atoms with Crippen molar-refractivity contribution < 1.29 is 14.3 Å². The zero-order chi connectivity index (χ0) is 12.7. The molecule has 3 nitrogen and oxygen atoms in total. The van der Waals surface area contributed by atoms with Crippen molar-refractivity contribution in [2.24, 2.45) is 0 Å². The van der Waals surface area contributed by atoms with Crippen LogP contribution in [0.2, 0.25) is 0 Å². The van der Waals surface area contributed by atoms with E-state index in [4.69, 9.17) is 4.74 Å². The van der Waals surface area contributed by atoms with E-state index in [1.54, 1.807) is 19.1 Å². The first-order chi connectivity index (χ1) is 8.11. The molecule has 0 aliphatic carbocycles. The van der Waals surface area contributed by atoms with Gasteiger partial charge in [-0.15, -0.1) is 0 Å². The number of ketones is 1. The Labute approximate surface area is 101 Å². The molecule has 0 heterocycles. The topological polar surface area (TPSA) is 43.4 Å². The predicted octanol–water partition coefficient (Wildman–Crippen LogP) is 2.77. The van der Waals surface area contributed by atoms with Crippen molar-refractivity contribution in [2.45, 2.75) is 19.8 Å². The molecular weight excluding hydrogens is 216 g/mol. The van der Waals surface area contributed by atoms with Crippen LogP contribution in [-0.4, -0.2) is 18.4 Å². The number of carbonyl (C=O) groups excluding carboxylic acids is 2. The van der Waals surface area contributed by atoms with Gasteiger partial charge < -0.3 is 4.74 Å². The lowest BCUT2D eigenvalue weighted by molar-refractivity contribution is -0.139. The highest BCUT2D eigenvalue weighted by atomic mass is 16.5. The van der Waals surface area contributed by atoms with Crippen molar-refractivity contribution in [1.29, 1.82) is 0 Å². The van der Waals surface area contributed by atoms with Crippen molar-refractivity contribution in [3.63, 3.8) is 0 Å². The molecule has 1 aromatic rings. The fourth-order valence-electron chi connectivity index (χ4n) is 1.29. The molecule has 0 saturated heterocycles. The molecule has 1 aromatic carbocycles. The fourth-order valence-corrected chi connectivity index (χ4v) is 1.29. The lowest BCUT2D eigenvalue weighted by atomic mass is 10.1. The smallest absolute Gasteiger partial charge is 0.333 e. The summed E-state index contributed by atoms with van der Waals surface area (Å²) in [7, 11) is 0. The first-order valence-electron chi connectivity index (χ1n) is 5.52. The van der Waals surface area contributed by atoms with Crippen LogP contribution in [0.5, 0.6) is 0 Å². The third-order valence-corrected chi connectivity index (χ3v) is 2.23. The second kappa shape index (κ2) is 6.63. The molecule has 90 valence electrons. The van der Waals surface area contributed by atoms with Gasteiger partial charge >= 0.3 is 5.97 Å². The fraction of sp³-hybridized carbons (Fsp3) is 0.286. The summed E-state index contributed by atoms with van der Waals surface area (Å²) in [6.07, 6.45) is 0.917. The maximum absolute atomic E-state index is 11.7. The van der Waals surface area contributed by atoms with Crippen molar-refractivity contribution in [2.75, 3.05) is 6.61 Å². The number of hydrogen-bond donors (Lipinski definition) is 0. The van der Waals surface area contributed by atoms with E-state index in [9.17, 15) is 9.59 Å². The maximum atomic E-state index is 11.7. The minimum atomic E-state index is -0.405. The minimum absolute atomic E-state index is 0.0666. The van der Waals surface area contributed by atoms with Crippen LogP contribution in [0.15, 0.2) is 42.5 Å². The van der Waals surface area contributed by atoms with Gasteiger partial charge in [0.1, 0.15) is 0 Å². The Hall–Kier alpha value is -1.90. The Morgan fingerprint density at radius 3 is 2.47 bits per heavy atom. The monoisotopic (exact) mass is 232 g/mol. The highest BCUT2D eigenvalue weighted by molar-refractivity contribution is 5.96. The zero-order valence-electron chi connectivity index (χ0n) is 9.94. The average molecular weight is 232 g/mol. The van der Waals surface area contributed by atoms with E-state index < -0.39 is 5.97 Å². The molecule has 0 atom stereocenters. The summed E-state index contributed by atoms with van der Waals surface area (Å²) >= 11 is 0. The first kappa shape index (κ1) is 13.2. The molecule has 3 heteroatoms. The zero-order valence-corrected chi connectivity index (χ0v) is 9.94. The number of carbonyl (C=O) groups is 2. The summed E-state index contributed by atoms with van der Waals surface area (Å²) in [6.45, 7) is 5.32. The number of hydrogen-bond acceptors (Lipinski definition) is 3. The first-order valence-corrected chi connectivity index (χ1v) is 5.52. The number of rotatable bonds is 6. The lowest BCUT2D eigenvalue weighted by Gasteiger charge is -2.03. The molecular formula is C14H16O3. The standard InChI is InChI=1S/C14H16O3/c1-11(2)14(16)17-10-6-9-13(15)12-7-4-3-5-8-12/h3-5,7-8H,1,6,9-10H2,2H3. The summed E-state index contributed by atoms with van der Waals surface area (Å²) in [6, 6.07) is 9.08. The van der Waals surface area contributed by atoms with Crippen LogP contribution in [-0.2, 0) is 9.53 Å². The Morgan fingerprint density at radius 1 is 1.24 bits per heavy atom. The van der Waals surface area contributed by atoms with E-state index in [1.165, 1.54) is 0 Å². The molecule has 1 rings (SSSR count). The van der Waals surface area contributed by atoms with Crippen LogP contribution in [0.1, 0.15) is 30.1 Å². The van der Waals surface area contributed by atoms with Gasteiger partial charge in [-0.1, -0.05) is 36.9 Å². The summed E-state index contributed by atoms with van der Waals surface area (Å²) in [4.78, 5) is 22.7. The van der Waals surface area contributed by atoms with E-state index in [2.05, 4.69) is 6.58 Å². The van der Waals surface area contributed by atoms with Gasteiger partial charge in [0.25, 0.3) is 0 Å². The van der Waals surface area contributed by atoms with Crippen LogP contribution in [0.25, 0.3) is 0 Å². The van der Waals surface area contributed by atoms with Gasteiger partial charge in [0.05, 0.1) is 6.61 Å². The molecule has 0 unspecified atom stereocenters. The third-order valence-electron chi connectivity index (χ3n) is 2.23. The van der Waals surface area contributed by atoms with Crippen LogP contribution in [0, 0.1) is 0 Å². The van der Waals surface area contributed by atoms with Gasteiger partial charge in [0.15, 0.2) is 5.78 Å². The maximum Gasteiger partial charge on any atom is 0.333 e. The van der Waals surface area contributed by atoms with E-state index in [0.29, 0.717) is 24.0 Å². The van der Waals surface area contributed by atoms with Crippen molar-refractivity contribution in [1.82, 2.24) is 0 Å². The normalized spacial score (nSPS) is 9.71. The van der Waals surface area contributed by atoms with Gasteiger partial charge in [0.2, 0.25) is 0 Å². The molecule has 0 aliphatic heterocycles. The molecule has 0 fully saturated rings. The molecule has 0 saturated carbocycles. The van der Waals surface area contributed by atoms with E-state index in [0.717, 1.165) is 0 Å². The van der Waals surface area contributed by atoms with Crippen LogP contribution in [0.3, 0.4) is 0 Å². The second-order valence-electron chi connectivity index (χ2n) is 3.81. The van der Waals surface area contributed by atoms with Gasteiger partial charge in [-0.25, -0.2) is 4.79 Å². The Morgan fingerprint density at radius 2 is 1.88 bits per heavy atom. The SMILES string of the molecule is C=C(C)C(=O)OCCCC(=O)c1ccccc1. The molecule has 0 bridgehead atoms. The summed E-state index contributed by atoms with van der Waals surface area (Å²) < 4.78 is 4.90. The molecule has 0 radical (unpaired) electrons. The van der Waals surface area contributed by atoms with Crippen LogP contribution < -0.4 is 0 Å². The Balaban J connectivity index is 2.26. The Kier molecular flexibility index (Phi) is 5.14. The number of ether oxygens (including phenoxy) is 1. The van der Waals surface area contributed by atoms with Gasteiger partial charge in [0, 0.05) is 17.6 Å². The number of benzene rings is 1. The van der Waals surface area contributed by atoms with Crippen molar-refractivity contribution in [3.05, 3.63) is 48.0 Å².